The third-order valence-electron chi connectivity index (χ3n) is 4.28. The van der Waals surface area contributed by atoms with Gasteiger partial charge in [0.1, 0.15) is 5.75 Å². The molecule has 3 aromatic rings. The normalized spacial score (nSPS) is 11.0. The molecular weight excluding hydrogens is 406 g/mol. The SMILES string of the molecule is COc1ccc(-n2c(C)cc(/C=N/NC(=O)c3ccc(Br)cc3)c2C)cc1. The van der Waals surface area contributed by atoms with Crippen molar-refractivity contribution in [3.8, 4) is 11.4 Å². The van der Waals surface area contributed by atoms with Gasteiger partial charge in [0.15, 0.2) is 0 Å². The second-order valence-electron chi connectivity index (χ2n) is 6.07. The lowest BCUT2D eigenvalue weighted by Gasteiger charge is -2.10. The summed E-state index contributed by atoms with van der Waals surface area (Å²) in [6.45, 7) is 4.06. The average Bonchev–Trinajstić information content (AvgIpc) is 2.96. The Morgan fingerprint density at radius 2 is 1.78 bits per heavy atom. The molecule has 0 unspecified atom stereocenters. The number of hydrogen-bond acceptors (Lipinski definition) is 3. The highest BCUT2D eigenvalue weighted by Gasteiger charge is 2.10. The maximum atomic E-state index is 12.1. The fourth-order valence-electron chi connectivity index (χ4n) is 2.87. The Morgan fingerprint density at radius 3 is 2.41 bits per heavy atom. The summed E-state index contributed by atoms with van der Waals surface area (Å²) < 4.78 is 8.28. The minimum atomic E-state index is -0.247. The Morgan fingerprint density at radius 1 is 1.11 bits per heavy atom. The van der Waals surface area contributed by atoms with Gasteiger partial charge in [-0.25, -0.2) is 5.43 Å². The van der Waals surface area contributed by atoms with Gasteiger partial charge < -0.3 is 9.30 Å². The van der Waals surface area contributed by atoms with Crippen LogP contribution in [0.3, 0.4) is 0 Å². The van der Waals surface area contributed by atoms with Crippen LogP contribution in [0.5, 0.6) is 5.75 Å². The molecule has 0 aliphatic rings. The van der Waals surface area contributed by atoms with Crippen LogP contribution in [-0.4, -0.2) is 23.8 Å². The second kappa shape index (κ2) is 8.22. The summed E-state index contributed by atoms with van der Waals surface area (Å²) in [4.78, 5) is 12.1. The van der Waals surface area contributed by atoms with E-state index >= 15 is 0 Å². The summed E-state index contributed by atoms with van der Waals surface area (Å²) >= 11 is 3.35. The van der Waals surface area contributed by atoms with Crippen molar-refractivity contribution in [3.63, 3.8) is 0 Å². The third kappa shape index (κ3) is 4.28. The van der Waals surface area contributed by atoms with E-state index in [1.54, 1.807) is 25.5 Å². The van der Waals surface area contributed by atoms with Gasteiger partial charge in [-0.15, -0.1) is 0 Å². The predicted molar refractivity (Wildman–Crippen MR) is 111 cm³/mol. The Kier molecular flexibility index (Phi) is 5.76. The van der Waals surface area contributed by atoms with Crippen molar-refractivity contribution in [2.24, 2.45) is 5.10 Å². The lowest BCUT2D eigenvalue weighted by atomic mass is 10.2. The molecule has 0 bridgehead atoms. The Bertz CT molecular complexity index is 974. The standard InChI is InChI=1S/C21H20BrN3O2/c1-14-12-17(13-23-24-21(26)16-4-6-18(22)7-5-16)15(2)25(14)19-8-10-20(27-3)11-9-19/h4-13H,1-3H3,(H,24,26)/b23-13+. The number of aromatic nitrogens is 1. The smallest absolute Gasteiger partial charge is 0.271 e. The van der Waals surface area contributed by atoms with Crippen molar-refractivity contribution in [2.75, 3.05) is 7.11 Å². The summed E-state index contributed by atoms with van der Waals surface area (Å²) in [5, 5.41) is 4.11. The van der Waals surface area contributed by atoms with Crippen molar-refractivity contribution in [2.45, 2.75) is 13.8 Å². The van der Waals surface area contributed by atoms with Gasteiger partial charge in [0.2, 0.25) is 0 Å². The van der Waals surface area contributed by atoms with Gasteiger partial charge in [-0.05, 0) is 68.4 Å². The molecule has 3 rings (SSSR count). The maximum Gasteiger partial charge on any atom is 0.271 e. The van der Waals surface area contributed by atoms with Gasteiger partial charge >= 0.3 is 0 Å². The van der Waals surface area contributed by atoms with E-state index in [9.17, 15) is 4.79 Å². The number of benzene rings is 2. The van der Waals surface area contributed by atoms with E-state index in [2.05, 4.69) is 31.0 Å². The molecule has 0 atom stereocenters. The molecule has 27 heavy (non-hydrogen) atoms. The lowest BCUT2D eigenvalue weighted by molar-refractivity contribution is 0.0955. The zero-order valence-electron chi connectivity index (χ0n) is 15.4. The molecule has 1 heterocycles. The summed E-state index contributed by atoms with van der Waals surface area (Å²) in [5.74, 6) is 0.571. The van der Waals surface area contributed by atoms with Crippen LogP contribution < -0.4 is 10.2 Å². The number of amides is 1. The number of nitrogens with zero attached hydrogens (tertiary/aromatic N) is 2. The van der Waals surface area contributed by atoms with E-state index in [4.69, 9.17) is 4.74 Å². The monoisotopic (exact) mass is 425 g/mol. The van der Waals surface area contributed by atoms with Gasteiger partial charge in [-0.3, -0.25) is 4.79 Å². The van der Waals surface area contributed by atoms with Crippen molar-refractivity contribution in [3.05, 3.63) is 81.6 Å². The molecule has 138 valence electrons. The molecule has 0 spiro atoms. The van der Waals surface area contributed by atoms with Crippen LogP contribution in [0.15, 0.2) is 64.2 Å². The van der Waals surface area contributed by atoms with E-state index in [0.29, 0.717) is 5.56 Å². The topological polar surface area (TPSA) is 55.6 Å². The predicted octanol–water partition coefficient (Wildman–Crippen LogP) is 4.63. The molecule has 1 aromatic heterocycles. The van der Waals surface area contributed by atoms with Crippen LogP contribution in [0.4, 0.5) is 0 Å². The van der Waals surface area contributed by atoms with Gasteiger partial charge in [-0.1, -0.05) is 15.9 Å². The third-order valence-corrected chi connectivity index (χ3v) is 4.81. The minimum Gasteiger partial charge on any atom is -0.497 e. The highest BCUT2D eigenvalue weighted by molar-refractivity contribution is 9.10. The number of hydrogen-bond donors (Lipinski definition) is 1. The summed E-state index contributed by atoms with van der Waals surface area (Å²) in [6.07, 6.45) is 1.67. The first-order valence-electron chi connectivity index (χ1n) is 8.42. The van der Waals surface area contributed by atoms with Gasteiger partial charge in [-0.2, -0.15) is 5.10 Å². The number of halogens is 1. The van der Waals surface area contributed by atoms with Gasteiger partial charge in [0.25, 0.3) is 5.91 Å². The number of carbonyl (C=O) groups excluding carboxylic acids is 1. The largest absolute Gasteiger partial charge is 0.497 e. The number of ether oxygens (including phenoxy) is 1. The highest BCUT2D eigenvalue weighted by Crippen LogP contribution is 2.22. The first kappa shape index (κ1) is 18.9. The van der Waals surface area contributed by atoms with E-state index in [-0.39, 0.29) is 5.91 Å². The summed E-state index contributed by atoms with van der Waals surface area (Å²) in [7, 11) is 1.65. The van der Waals surface area contributed by atoms with Crippen LogP contribution in [0, 0.1) is 13.8 Å². The molecule has 0 radical (unpaired) electrons. The van der Waals surface area contributed by atoms with Crippen LogP contribution >= 0.6 is 15.9 Å². The molecule has 1 N–H and O–H groups in total. The Balaban J connectivity index is 1.76. The number of nitrogens with one attached hydrogen (secondary N) is 1. The molecule has 0 fully saturated rings. The molecule has 0 saturated heterocycles. The molecule has 0 saturated carbocycles. The molecular formula is C21H20BrN3O2. The summed E-state index contributed by atoms with van der Waals surface area (Å²) in [5.41, 5.74) is 7.23. The quantitative estimate of drug-likeness (QED) is 0.478. The number of aryl methyl sites for hydroxylation is 1. The van der Waals surface area contributed by atoms with Crippen LogP contribution in [0.25, 0.3) is 5.69 Å². The fraction of sp³-hybridized carbons (Fsp3) is 0.143. The van der Waals surface area contributed by atoms with Crippen LogP contribution in [0.2, 0.25) is 0 Å². The molecule has 5 nitrogen and oxygen atoms in total. The van der Waals surface area contributed by atoms with Crippen molar-refractivity contribution in [1.82, 2.24) is 9.99 Å². The van der Waals surface area contributed by atoms with E-state index in [1.807, 2.05) is 56.3 Å². The molecule has 0 aliphatic heterocycles. The molecule has 1 amide bonds. The first-order valence-corrected chi connectivity index (χ1v) is 9.21. The van der Waals surface area contributed by atoms with Crippen LogP contribution in [0.1, 0.15) is 27.3 Å². The van der Waals surface area contributed by atoms with E-state index < -0.39 is 0 Å². The zero-order valence-corrected chi connectivity index (χ0v) is 16.9. The maximum absolute atomic E-state index is 12.1. The second-order valence-corrected chi connectivity index (χ2v) is 6.98. The Labute approximate surface area is 166 Å². The van der Waals surface area contributed by atoms with Gasteiger partial charge in [0.05, 0.1) is 13.3 Å². The van der Waals surface area contributed by atoms with E-state index in [0.717, 1.165) is 32.9 Å². The number of hydrazone groups is 1. The Hall–Kier alpha value is -2.86. The van der Waals surface area contributed by atoms with Crippen molar-refractivity contribution in [1.29, 1.82) is 0 Å². The minimum absolute atomic E-state index is 0.247. The number of rotatable bonds is 5. The fourth-order valence-corrected chi connectivity index (χ4v) is 3.14. The number of carbonyl (C=O) groups is 1. The molecule has 2 aromatic carbocycles. The highest BCUT2D eigenvalue weighted by atomic mass is 79.9. The molecule has 6 heteroatoms. The van der Waals surface area contributed by atoms with Gasteiger partial charge in [0, 0.05) is 32.7 Å². The first-order chi connectivity index (χ1) is 13.0. The zero-order chi connectivity index (χ0) is 19.4. The summed E-state index contributed by atoms with van der Waals surface area (Å²) in [6, 6.07) is 17.0. The molecule has 0 aliphatic carbocycles. The average molecular weight is 426 g/mol. The van der Waals surface area contributed by atoms with Crippen LogP contribution in [-0.2, 0) is 0 Å². The lowest BCUT2D eigenvalue weighted by Crippen LogP contribution is -2.17. The van der Waals surface area contributed by atoms with Crippen molar-refractivity contribution >= 4 is 28.1 Å². The van der Waals surface area contributed by atoms with Crippen molar-refractivity contribution < 1.29 is 9.53 Å². The number of methoxy groups -OCH3 is 1. The van der Waals surface area contributed by atoms with E-state index in [1.165, 1.54) is 0 Å².